The molecule has 1 fully saturated rings. The Kier molecular flexibility index (Phi) is 5.67. The molecule has 0 bridgehead atoms. The lowest BCUT2D eigenvalue weighted by Gasteiger charge is -2.31. The molecule has 1 rings (SSSR count). The van der Waals surface area contributed by atoms with Gasteiger partial charge >= 0.3 is 12.0 Å². The van der Waals surface area contributed by atoms with Gasteiger partial charge in [0.05, 0.1) is 24.1 Å². The van der Waals surface area contributed by atoms with Crippen LogP contribution in [0.4, 0.5) is 4.79 Å². The molecule has 10 heteroatoms. The molecular weight excluding hydrogens is 302 g/mol. The maximum absolute atomic E-state index is 11.9. The number of nitrogens with one attached hydrogen (secondary N) is 2. The maximum Gasteiger partial charge on any atom is 0.321 e. The standard InChI is InChI=1S/C11H19N3O6S/c1-7(10(17)13-11(18)12-2)14(5-9(15)16)8-3-4-21(19,20)6-8/h7-8H,3-6H2,1-2H3,(H,15,16)(H2,12,13,17,18). The SMILES string of the molecule is CNC(=O)NC(=O)C(C)N(CC(=O)O)C1CCS(=O)(=O)C1. The number of rotatable bonds is 5. The van der Waals surface area contributed by atoms with Crippen LogP contribution < -0.4 is 10.6 Å². The van der Waals surface area contributed by atoms with E-state index in [1.807, 2.05) is 0 Å². The van der Waals surface area contributed by atoms with E-state index in [0.717, 1.165) is 0 Å². The van der Waals surface area contributed by atoms with E-state index in [9.17, 15) is 22.8 Å². The second kappa shape index (κ2) is 6.85. The number of urea groups is 1. The zero-order valence-corrected chi connectivity index (χ0v) is 12.6. The molecule has 3 N–H and O–H groups in total. The van der Waals surface area contributed by atoms with Crippen LogP contribution in [-0.2, 0) is 19.4 Å². The van der Waals surface area contributed by atoms with Crippen LogP contribution in [0.2, 0.25) is 0 Å². The molecule has 0 aromatic carbocycles. The Morgan fingerprint density at radius 2 is 2.00 bits per heavy atom. The first-order valence-corrected chi connectivity index (χ1v) is 8.19. The normalized spacial score (nSPS) is 21.8. The molecule has 3 amide bonds. The van der Waals surface area contributed by atoms with Crippen LogP contribution in [0.15, 0.2) is 0 Å². The van der Waals surface area contributed by atoms with Crippen molar-refractivity contribution < 1.29 is 27.9 Å². The molecule has 0 saturated carbocycles. The van der Waals surface area contributed by atoms with Crippen LogP contribution in [0.25, 0.3) is 0 Å². The van der Waals surface area contributed by atoms with E-state index in [2.05, 4.69) is 10.6 Å². The second-order valence-corrected chi connectivity index (χ2v) is 7.10. The molecule has 2 atom stereocenters. The first-order chi connectivity index (χ1) is 9.66. The van der Waals surface area contributed by atoms with Crippen molar-refractivity contribution in [1.29, 1.82) is 0 Å². The van der Waals surface area contributed by atoms with Crippen molar-refractivity contribution in [3.05, 3.63) is 0 Å². The minimum atomic E-state index is -3.21. The fraction of sp³-hybridized carbons (Fsp3) is 0.727. The summed E-state index contributed by atoms with van der Waals surface area (Å²) in [7, 11) is -1.87. The van der Waals surface area contributed by atoms with Crippen molar-refractivity contribution in [3.8, 4) is 0 Å². The molecule has 0 spiro atoms. The molecule has 1 saturated heterocycles. The van der Waals surface area contributed by atoms with Crippen LogP contribution in [0.1, 0.15) is 13.3 Å². The van der Waals surface area contributed by atoms with Gasteiger partial charge in [0.15, 0.2) is 9.84 Å². The van der Waals surface area contributed by atoms with Gasteiger partial charge in [-0.25, -0.2) is 13.2 Å². The summed E-state index contributed by atoms with van der Waals surface area (Å²) < 4.78 is 23.0. The third kappa shape index (κ3) is 4.97. The van der Waals surface area contributed by atoms with E-state index in [0.29, 0.717) is 0 Å². The molecule has 1 heterocycles. The van der Waals surface area contributed by atoms with E-state index < -0.39 is 46.4 Å². The van der Waals surface area contributed by atoms with E-state index in [4.69, 9.17) is 5.11 Å². The van der Waals surface area contributed by atoms with Crippen molar-refractivity contribution in [1.82, 2.24) is 15.5 Å². The van der Waals surface area contributed by atoms with Crippen molar-refractivity contribution >= 4 is 27.7 Å². The second-order valence-electron chi connectivity index (χ2n) is 4.87. The lowest BCUT2D eigenvalue weighted by molar-refractivity contribution is -0.140. The third-order valence-electron chi connectivity index (χ3n) is 3.34. The number of carbonyl (C=O) groups is 3. The van der Waals surface area contributed by atoms with Gasteiger partial charge in [-0.1, -0.05) is 0 Å². The van der Waals surface area contributed by atoms with Crippen LogP contribution in [0.5, 0.6) is 0 Å². The Morgan fingerprint density at radius 1 is 1.38 bits per heavy atom. The summed E-state index contributed by atoms with van der Waals surface area (Å²) in [5.74, 6) is -2.06. The predicted molar refractivity (Wildman–Crippen MR) is 73.5 cm³/mol. The van der Waals surface area contributed by atoms with Crippen LogP contribution in [0, 0.1) is 0 Å². The summed E-state index contributed by atoms with van der Waals surface area (Å²) in [6.07, 6.45) is 0.271. The van der Waals surface area contributed by atoms with Gasteiger partial charge < -0.3 is 10.4 Å². The Bertz CT molecular complexity index is 532. The van der Waals surface area contributed by atoms with Crippen LogP contribution >= 0.6 is 0 Å². The van der Waals surface area contributed by atoms with Gasteiger partial charge in [-0.3, -0.25) is 19.8 Å². The maximum atomic E-state index is 11.9. The fourth-order valence-corrected chi connectivity index (χ4v) is 3.95. The topological polar surface area (TPSA) is 133 Å². The Labute approximate surface area is 122 Å². The fourth-order valence-electron chi connectivity index (χ4n) is 2.20. The molecular formula is C11H19N3O6S. The lowest BCUT2D eigenvalue weighted by Crippen LogP contribution is -2.54. The minimum absolute atomic E-state index is 0.0302. The van der Waals surface area contributed by atoms with E-state index in [1.165, 1.54) is 18.9 Å². The van der Waals surface area contributed by atoms with Crippen molar-refractivity contribution in [2.45, 2.75) is 25.4 Å². The highest BCUT2D eigenvalue weighted by Gasteiger charge is 2.37. The Hall–Kier alpha value is -1.68. The van der Waals surface area contributed by atoms with Gasteiger partial charge in [-0.2, -0.15) is 0 Å². The number of nitrogens with zero attached hydrogens (tertiary/aromatic N) is 1. The highest BCUT2D eigenvalue weighted by Crippen LogP contribution is 2.20. The van der Waals surface area contributed by atoms with Crippen LogP contribution in [-0.4, -0.2) is 73.5 Å². The molecule has 1 aliphatic rings. The Balaban J connectivity index is 2.84. The number of carboxylic acid groups (broad SMARTS) is 1. The number of carboxylic acids is 1. The van der Waals surface area contributed by atoms with Gasteiger partial charge in [0.2, 0.25) is 5.91 Å². The molecule has 0 aliphatic carbocycles. The largest absolute Gasteiger partial charge is 0.480 e. The highest BCUT2D eigenvalue weighted by atomic mass is 32.2. The van der Waals surface area contributed by atoms with E-state index >= 15 is 0 Å². The number of sulfone groups is 1. The smallest absolute Gasteiger partial charge is 0.321 e. The monoisotopic (exact) mass is 321 g/mol. The third-order valence-corrected chi connectivity index (χ3v) is 5.09. The van der Waals surface area contributed by atoms with Crippen molar-refractivity contribution in [2.24, 2.45) is 0 Å². The van der Waals surface area contributed by atoms with Gasteiger partial charge in [0.25, 0.3) is 0 Å². The summed E-state index contributed by atoms with van der Waals surface area (Å²) in [6, 6.07) is -2.19. The molecule has 0 aromatic rings. The van der Waals surface area contributed by atoms with E-state index in [1.54, 1.807) is 0 Å². The number of carbonyl (C=O) groups excluding carboxylic acids is 2. The van der Waals surface area contributed by atoms with Gasteiger partial charge in [-0.05, 0) is 13.3 Å². The zero-order chi connectivity index (χ0) is 16.2. The molecule has 9 nitrogen and oxygen atoms in total. The van der Waals surface area contributed by atoms with Crippen LogP contribution in [0.3, 0.4) is 0 Å². The molecule has 21 heavy (non-hydrogen) atoms. The lowest BCUT2D eigenvalue weighted by atomic mass is 10.1. The number of hydrogen-bond acceptors (Lipinski definition) is 6. The quantitative estimate of drug-likeness (QED) is 0.555. The molecule has 1 aliphatic heterocycles. The first kappa shape index (κ1) is 17.4. The molecule has 120 valence electrons. The van der Waals surface area contributed by atoms with E-state index in [-0.39, 0.29) is 17.9 Å². The van der Waals surface area contributed by atoms with Crippen molar-refractivity contribution in [2.75, 3.05) is 25.1 Å². The predicted octanol–water partition coefficient (Wildman–Crippen LogP) is -1.60. The van der Waals surface area contributed by atoms with Crippen molar-refractivity contribution in [3.63, 3.8) is 0 Å². The Morgan fingerprint density at radius 3 is 2.43 bits per heavy atom. The summed E-state index contributed by atoms with van der Waals surface area (Å²) in [4.78, 5) is 35.2. The zero-order valence-electron chi connectivity index (χ0n) is 11.8. The summed E-state index contributed by atoms with van der Waals surface area (Å²) in [6.45, 7) is 0.967. The van der Waals surface area contributed by atoms with Gasteiger partial charge in [0, 0.05) is 13.1 Å². The summed E-state index contributed by atoms with van der Waals surface area (Å²) >= 11 is 0. The first-order valence-electron chi connectivity index (χ1n) is 6.37. The number of hydrogen-bond donors (Lipinski definition) is 3. The molecule has 0 radical (unpaired) electrons. The summed E-state index contributed by atoms with van der Waals surface area (Å²) in [5.41, 5.74) is 0. The number of imide groups is 1. The average molecular weight is 321 g/mol. The minimum Gasteiger partial charge on any atom is -0.480 e. The average Bonchev–Trinajstić information content (AvgIpc) is 2.74. The highest BCUT2D eigenvalue weighted by molar-refractivity contribution is 7.91. The molecule has 0 aromatic heterocycles. The molecule has 2 unspecified atom stereocenters. The number of amides is 3. The van der Waals surface area contributed by atoms with Gasteiger partial charge in [-0.15, -0.1) is 0 Å². The number of aliphatic carboxylic acids is 1. The van der Waals surface area contributed by atoms with Gasteiger partial charge in [0.1, 0.15) is 0 Å². The summed E-state index contributed by atoms with van der Waals surface area (Å²) in [5, 5.41) is 13.2.